The van der Waals surface area contributed by atoms with E-state index in [0.717, 1.165) is 5.56 Å². The van der Waals surface area contributed by atoms with Gasteiger partial charge in [-0.1, -0.05) is 23.7 Å². The maximum Gasteiger partial charge on any atom is 0.269 e. The fourth-order valence-electron chi connectivity index (χ4n) is 2.67. The largest absolute Gasteiger partial charge is 0.322 e. The van der Waals surface area contributed by atoms with Gasteiger partial charge in [-0.3, -0.25) is 19.7 Å². The van der Waals surface area contributed by atoms with Crippen molar-refractivity contribution in [1.82, 2.24) is 4.57 Å². The number of hydrogen-bond acceptors (Lipinski definition) is 4. The van der Waals surface area contributed by atoms with Crippen LogP contribution in [0.5, 0.6) is 0 Å². The lowest BCUT2D eigenvalue weighted by atomic mass is 10.1. The number of nitro groups is 1. The van der Waals surface area contributed by atoms with Crippen LogP contribution in [-0.4, -0.2) is 15.4 Å². The minimum atomic E-state index is -0.495. The van der Waals surface area contributed by atoms with Gasteiger partial charge in [0.2, 0.25) is 0 Å². The smallest absolute Gasteiger partial charge is 0.269 e. The third-order valence-electron chi connectivity index (χ3n) is 4.18. The summed E-state index contributed by atoms with van der Waals surface area (Å²) in [6, 6.07) is 14.0. The summed E-state index contributed by atoms with van der Waals surface area (Å²) >= 11 is 5.87. The van der Waals surface area contributed by atoms with E-state index < -0.39 is 10.8 Å². The van der Waals surface area contributed by atoms with Gasteiger partial charge in [-0.05, 0) is 42.3 Å². The minimum Gasteiger partial charge on any atom is -0.322 e. The van der Waals surface area contributed by atoms with E-state index in [1.807, 2.05) is 12.1 Å². The summed E-state index contributed by atoms with van der Waals surface area (Å²) in [5, 5.41) is 14.1. The normalized spacial score (nSPS) is 10.5. The number of nitrogens with one attached hydrogen (secondary N) is 1. The molecule has 0 atom stereocenters. The van der Waals surface area contributed by atoms with Crippen molar-refractivity contribution in [2.45, 2.75) is 13.5 Å². The number of nitro benzene ring substituents is 1. The Morgan fingerprint density at radius 1 is 1.14 bits per heavy atom. The zero-order chi connectivity index (χ0) is 20.3. The topological polar surface area (TPSA) is 94.2 Å². The van der Waals surface area contributed by atoms with Crippen LogP contribution in [0.3, 0.4) is 0 Å². The SMILES string of the molecule is Cc1cc([N+](=O)[O-])ccc1NC(=O)c1ccc(=O)n(Cc2ccc(Cl)cc2)c1. The lowest BCUT2D eigenvalue weighted by Gasteiger charge is -2.11. The number of halogens is 1. The highest BCUT2D eigenvalue weighted by Crippen LogP contribution is 2.21. The highest BCUT2D eigenvalue weighted by Gasteiger charge is 2.12. The average Bonchev–Trinajstić information content (AvgIpc) is 2.66. The summed E-state index contributed by atoms with van der Waals surface area (Å²) in [6.07, 6.45) is 1.48. The van der Waals surface area contributed by atoms with Gasteiger partial charge in [0, 0.05) is 35.1 Å². The Labute approximate surface area is 165 Å². The van der Waals surface area contributed by atoms with Crippen LogP contribution in [0.1, 0.15) is 21.5 Å². The molecule has 2 aromatic carbocycles. The first-order valence-corrected chi connectivity index (χ1v) is 8.72. The Balaban J connectivity index is 1.81. The Hall–Kier alpha value is -3.45. The molecule has 1 N–H and O–H groups in total. The van der Waals surface area contributed by atoms with Crippen molar-refractivity contribution in [3.8, 4) is 0 Å². The lowest BCUT2D eigenvalue weighted by Crippen LogP contribution is -2.22. The maximum atomic E-state index is 12.6. The van der Waals surface area contributed by atoms with Crippen molar-refractivity contribution in [1.29, 1.82) is 0 Å². The molecule has 3 aromatic rings. The second kappa shape index (κ2) is 8.06. The number of amides is 1. The highest BCUT2D eigenvalue weighted by molar-refractivity contribution is 6.30. The molecule has 1 aromatic heterocycles. The van der Waals surface area contributed by atoms with Crippen LogP contribution in [0.2, 0.25) is 5.02 Å². The van der Waals surface area contributed by atoms with E-state index in [4.69, 9.17) is 11.6 Å². The van der Waals surface area contributed by atoms with Gasteiger partial charge in [0.25, 0.3) is 17.2 Å². The van der Waals surface area contributed by atoms with Crippen LogP contribution in [0.25, 0.3) is 0 Å². The molecule has 0 aliphatic carbocycles. The number of non-ortho nitro benzene ring substituents is 1. The predicted molar refractivity (Wildman–Crippen MR) is 107 cm³/mol. The summed E-state index contributed by atoms with van der Waals surface area (Å²) in [5.74, 6) is -0.415. The van der Waals surface area contributed by atoms with E-state index in [0.29, 0.717) is 28.4 Å². The molecule has 28 heavy (non-hydrogen) atoms. The van der Waals surface area contributed by atoms with Gasteiger partial charge in [0.1, 0.15) is 0 Å². The molecule has 0 aliphatic rings. The molecule has 142 valence electrons. The van der Waals surface area contributed by atoms with Crippen LogP contribution in [0.4, 0.5) is 11.4 Å². The highest BCUT2D eigenvalue weighted by atomic mass is 35.5. The summed E-state index contributed by atoms with van der Waals surface area (Å²) in [5.41, 5.74) is 1.91. The number of carbonyl (C=O) groups excluding carboxylic acids is 1. The van der Waals surface area contributed by atoms with E-state index in [1.54, 1.807) is 19.1 Å². The van der Waals surface area contributed by atoms with Crippen LogP contribution >= 0.6 is 11.6 Å². The van der Waals surface area contributed by atoms with Gasteiger partial charge in [-0.25, -0.2) is 0 Å². The third kappa shape index (κ3) is 4.44. The first kappa shape index (κ1) is 19.3. The summed E-state index contributed by atoms with van der Waals surface area (Å²) in [4.78, 5) is 35.0. The quantitative estimate of drug-likeness (QED) is 0.519. The molecule has 0 saturated heterocycles. The van der Waals surface area contributed by atoms with E-state index in [9.17, 15) is 19.7 Å². The number of pyridine rings is 1. The molecule has 0 fully saturated rings. The number of hydrogen-bond donors (Lipinski definition) is 1. The number of benzene rings is 2. The Bertz CT molecular complexity index is 1110. The van der Waals surface area contributed by atoms with Crippen molar-refractivity contribution >= 4 is 28.9 Å². The standard InChI is InChI=1S/C20H16ClN3O4/c1-13-10-17(24(27)28)7-8-18(13)22-20(26)15-4-9-19(25)23(12-15)11-14-2-5-16(21)6-3-14/h2-10,12H,11H2,1H3,(H,22,26). The maximum absolute atomic E-state index is 12.6. The van der Waals surface area contributed by atoms with Crippen molar-refractivity contribution in [3.05, 3.63) is 103 Å². The average molecular weight is 398 g/mol. The molecule has 1 heterocycles. The van der Waals surface area contributed by atoms with Gasteiger partial charge in [-0.2, -0.15) is 0 Å². The van der Waals surface area contributed by atoms with Crippen molar-refractivity contribution in [2.75, 3.05) is 5.32 Å². The fourth-order valence-corrected chi connectivity index (χ4v) is 2.80. The molecule has 3 rings (SSSR count). The summed E-state index contributed by atoms with van der Waals surface area (Å²) in [6.45, 7) is 1.97. The minimum absolute atomic E-state index is 0.0491. The van der Waals surface area contributed by atoms with Crippen molar-refractivity contribution < 1.29 is 9.72 Å². The summed E-state index contributed by atoms with van der Waals surface area (Å²) < 4.78 is 1.43. The van der Waals surface area contributed by atoms with Crippen LogP contribution in [0.15, 0.2) is 65.6 Å². The number of rotatable bonds is 5. The Morgan fingerprint density at radius 3 is 2.50 bits per heavy atom. The number of nitrogens with zero attached hydrogens (tertiary/aromatic N) is 2. The second-order valence-electron chi connectivity index (χ2n) is 6.22. The van der Waals surface area contributed by atoms with Gasteiger partial charge >= 0.3 is 0 Å². The molecule has 7 nitrogen and oxygen atoms in total. The van der Waals surface area contributed by atoms with E-state index in [1.165, 1.54) is 41.1 Å². The van der Waals surface area contributed by atoms with E-state index in [-0.39, 0.29) is 11.2 Å². The Morgan fingerprint density at radius 2 is 1.86 bits per heavy atom. The number of aromatic nitrogens is 1. The Kier molecular flexibility index (Phi) is 5.56. The van der Waals surface area contributed by atoms with Crippen LogP contribution < -0.4 is 10.9 Å². The van der Waals surface area contributed by atoms with Gasteiger partial charge in [0.05, 0.1) is 17.0 Å². The molecular formula is C20H16ClN3O4. The van der Waals surface area contributed by atoms with E-state index >= 15 is 0 Å². The molecule has 0 bridgehead atoms. The second-order valence-corrected chi connectivity index (χ2v) is 6.66. The first-order valence-electron chi connectivity index (χ1n) is 8.35. The predicted octanol–water partition coefficient (Wildman–Crippen LogP) is 4.02. The lowest BCUT2D eigenvalue weighted by molar-refractivity contribution is -0.384. The molecule has 0 saturated carbocycles. The monoisotopic (exact) mass is 397 g/mol. The molecule has 0 unspecified atom stereocenters. The fraction of sp³-hybridized carbons (Fsp3) is 0.100. The zero-order valence-electron chi connectivity index (χ0n) is 14.9. The number of aryl methyl sites for hydroxylation is 1. The molecule has 0 aliphatic heterocycles. The molecular weight excluding hydrogens is 382 g/mol. The number of carbonyl (C=O) groups is 1. The third-order valence-corrected chi connectivity index (χ3v) is 4.43. The summed E-state index contributed by atoms with van der Waals surface area (Å²) in [7, 11) is 0. The van der Waals surface area contributed by atoms with Crippen LogP contribution in [0, 0.1) is 17.0 Å². The molecule has 8 heteroatoms. The van der Waals surface area contributed by atoms with Crippen molar-refractivity contribution in [2.24, 2.45) is 0 Å². The van der Waals surface area contributed by atoms with Gasteiger partial charge < -0.3 is 9.88 Å². The molecule has 1 amide bonds. The zero-order valence-corrected chi connectivity index (χ0v) is 15.6. The van der Waals surface area contributed by atoms with Gasteiger partial charge in [0.15, 0.2) is 0 Å². The van der Waals surface area contributed by atoms with Crippen LogP contribution in [-0.2, 0) is 6.54 Å². The molecule has 0 spiro atoms. The molecule has 0 radical (unpaired) electrons. The van der Waals surface area contributed by atoms with Gasteiger partial charge in [-0.15, -0.1) is 0 Å². The number of anilines is 1. The van der Waals surface area contributed by atoms with E-state index in [2.05, 4.69) is 5.32 Å². The van der Waals surface area contributed by atoms with Crippen molar-refractivity contribution in [3.63, 3.8) is 0 Å². The first-order chi connectivity index (χ1) is 13.3.